The second kappa shape index (κ2) is 9.39. The Morgan fingerprint density at radius 2 is 1.17 bits per heavy atom. The molecule has 0 saturated carbocycles. The summed E-state index contributed by atoms with van der Waals surface area (Å²) in [7, 11) is 0. The van der Waals surface area contributed by atoms with Crippen LogP contribution in [0, 0.1) is 0 Å². The molecule has 0 spiro atoms. The molecule has 0 atom stereocenters. The molecule has 0 bridgehead atoms. The van der Waals surface area contributed by atoms with Gasteiger partial charge in [0.2, 0.25) is 0 Å². The SMILES string of the molecule is CC(=NC(C)(C)C)C(C)=NC(C)(C)C.CC=Nc1ccccc1. The average Bonchev–Trinajstić information content (AvgIpc) is 2.37. The summed E-state index contributed by atoms with van der Waals surface area (Å²) in [5.74, 6) is 0. The van der Waals surface area contributed by atoms with Gasteiger partial charge in [0.15, 0.2) is 0 Å². The normalized spacial score (nSPS) is 13.8. The summed E-state index contributed by atoms with van der Waals surface area (Å²) < 4.78 is 0. The highest BCUT2D eigenvalue weighted by Gasteiger charge is 2.11. The fraction of sp³-hybridized carbons (Fsp3) is 0.550. The van der Waals surface area contributed by atoms with Crippen molar-refractivity contribution < 1.29 is 0 Å². The molecule has 23 heavy (non-hydrogen) atoms. The van der Waals surface area contributed by atoms with Gasteiger partial charge in [-0.1, -0.05) is 18.2 Å². The molecule has 0 amide bonds. The summed E-state index contributed by atoms with van der Waals surface area (Å²) in [4.78, 5) is 13.2. The van der Waals surface area contributed by atoms with Crippen LogP contribution in [-0.2, 0) is 0 Å². The van der Waals surface area contributed by atoms with Gasteiger partial charge in [-0.25, -0.2) is 0 Å². The predicted octanol–water partition coefficient (Wildman–Crippen LogP) is 5.91. The van der Waals surface area contributed by atoms with E-state index in [-0.39, 0.29) is 11.1 Å². The highest BCUT2D eigenvalue weighted by atomic mass is 14.9. The molecular formula is C20H33N3. The molecular weight excluding hydrogens is 282 g/mol. The highest BCUT2D eigenvalue weighted by Crippen LogP contribution is 2.10. The molecule has 0 aliphatic rings. The monoisotopic (exact) mass is 315 g/mol. The van der Waals surface area contributed by atoms with Gasteiger partial charge < -0.3 is 0 Å². The fourth-order valence-corrected chi connectivity index (χ4v) is 1.83. The van der Waals surface area contributed by atoms with Crippen LogP contribution in [-0.4, -0.2) is 28.7 Å². The number of hydrogen-bond donors (Lipinski definition) is 0. The van der Waals surface area contributed by atoms with E-state index in [1.165, 1.54) is 0 Å². The smallest absolute Gasteiger partial charge is 0.0625 e. The first-order chi connectivity index (χ1) is 10.4. The van der Waals surface area contributed by atoms with Gasteiger partial charge in [-0.15, -0.1) is 0 Å². The van der Waals surface area contributed by atoms with E-state index in [0.29, 0.717) is 0 Å². The molecule has 0 fully saturated rings. The van der Waals surface area contributed by atoms with Crippen molar-refractivity contribution in [3.05, 3.63) is 30.3 Å². The second-order valence-electron chi connectivity index (χ2n) is 7.46. The van der Waals surface area contributed by atoms with Crippen molar-refractivity contribution in [1.29, 1.82) is 0 Å². The van der Waals surface area contributed by atoms with E-state index in [1.807, 2.05) is 51.1 Å². The van der Waals surface area contributed by atoms with Gasteiger partial charge in [0.25, 0.3) is 0 Å². The maximum Gasteiger partial charge on any atom is 0.0625 e. The number of para-hydroxylation sites is 1. The van der Waals surface area contributed by atoms with Crippen LogP contribution < -0.4 is 0 Å². The van der Waals surface area contributed by atoms with Crippen LogP contribution in [0.25, 0.3) is 0 Å². The van der Waals surface area contributed by atoms with Gasteiger partial charge in [-0.05, 0) is 74.4 Å². The molecule has 0 saturated heterocycles. The van der Waals surface area contributed by atoms with E-state index in [1.54, 1.807) is 6.21 Å². The molecule has 1 rings (SSSR count). The van der Waals surface area contributed by atoms with Crippen molar-refractivity contribution in [2.24, 2.45) is 15.0 Å². The Kier molecular flexibility index (Phi) is 8.66. The first-order valence-corrected chi connectivity index (χ1v) is 8.11. The summed E-state index contributed by atoms with van der Waals surface area (Å²) in [6.45, 7) is 18.5. The van der Waals surface area contributed by atoms with E-state index < -0.39 is 0 Å². The fourth-order valence-electron chi connectivity index (χ4n) is 1.83. The van der Waals surface area contributed by atoms with Crippen LogP contribution in [0.3, 0.4) is 0 Å². The highest BCUT2D eigenvalue weighted by molar-refractivity contribution is 6.40. The maximum atomic E-state index is 4.58. The van der Waals surface area contributed by atoms with Gasteiger partial charge in [0, 0.05) is 6.21 Å². The number of benzene rings is 1. The van der Waals surface area contributed by atoms with Crippen LogP contribution in [0.1, 0.15) is 62.3 Å². The summed E-state index contributed by atoms with van der Waals surface area (Å²) in [5.41, 5.74) is 3.05. The topological polar surface area (TPSA) is 37.1 Å². The van der Waals surface area contributed by atoms with Crippen LogP contribution in [0.4, 0.5) is 5.69 Å². The van der Waals surface area contributed by atoms with Crippen molar-refractivity contribution in [2.75, 3.05) is 0 Å². The van der Waals surface area contributed by atoms with Gasteiger partial charge in [-0.3, -0.25) is 15.0 Å². The molecule has 0 N–H and O–H groups in total. The second-order valence-corrected chi connectivity index (χ2v) is 7.46. The van der Waals surface area contributed by atoms with E-state index in [9.17, 15) is 0 Å². The van der Waals surface area contributed by atoms with E-state index in [0.717, 1.165) is 17.1 Å². The average molecular weight is 316 g/mol. The molecule has 3 heteroatoms. The zero-order valence-corrected chi connectivity index (χ0v) is 16.3. The zero-order valence-electron chi connectivity index (χ0n) is 16.3. The van der Waals surface area contributed by atoms with E-state index >= 15 is 0 Å². The molecule has 0 aromatic heterocycles. The Bertz CT molecular complexity index is 510. The Hall–Kier alpha value is -1.77. The van der Waals surface area contributed by atoms with E-state index in [2.05, 4.69) is 56.5 Å². The van der Waals surface area contributed by atoms with Gasteiger partial charge in [0.1, 0.15) is 0 Å². The Morgan fingerprint density at radius 1 is 0.783 bits per heavy atom. The van der Waals surface area contributed by atoms with Crippen LogP contribution in [0.5, 0.6) is 0 Å². The standard InChI is InChI=1S/C12H24N2.C8H9N/c1-9(13-11(3,4)5)10(2)14-12(6,7)8;1-2-9-8-6-4-3-5-7-8/h1-8H3;2-7H,1H3. The molecule has 1 aromatic rings. The largest absolute Gasteiger partial charge is 0.282 e. The lowest BCUT2D eigenvalue weighted by Gasteiger charge is -2.17. The third-order valence-corrected chi connectivity index (χ3v) is 2.56. The van der Waals surface area contributed by atoms with Crippen molar-refractivity contribution in [3.63, 3.8) is 0 Å². The summed E-state index contributed by atoms with van der Waals surface area (Å²) >= 11 is 0. The quantitative estimate of drug-likeness (QED) is 0.608. The minimum atomic E-state index is -0.0151. The van der Waals surface area contributed by atoms with Crippen molar-refractivity contribution in [2.45, 2.75) is 73.4 Å². The number of nitrogens with zero attached hydrogens (tertiary/aromatic N) is 3. The minimum Gasteiger partial charge on any atom is -0.282 e. The third kappa shape index (κ3) is 12.5. The first kappa shape index (κ1) is 21.2. The molecule has 0 aliphatic heterocycles. The van der Waals surface area contributed by atoms with Crippen molar-refractivity contribution in [1.82, 2.24) is 0 Å². The Labute approximate surface area is 142 Å². The zero-order chi connectivity index (χ0) is 18.1. The van der Waals surface area contributed by atoms with Crippen molar-refractivity contribution in [3.8, 4) is 0 Å². The van der Waals surface area contributed by atoms with Gasteiger partial charge >= 0.3 is 0 Å². The van der Waals surface area contributed by atoms with E-state index in [4.69, 9.17) is 0 Å². The molecule has 1 aromatic carbocycles. The minimum absolute atomic E-state index is 0.0151. The van der Waals surface area contributed by atoms with Crippen molar-refractivity contribution >= 4 is 23.3 Å². The lowest BCUT2D eigenvalue weighted by Crippen LogP contribution is -2.20. The van der Waals surface area contributed by atoms with Gasteiger partial charge in [-0.2, -0.15) is 0 Å². The third-order valence-electron chi connectivity index (χ3n) is 2.56. The number of aliphatic imine (C=N–C) groups is 3. The molecule has 0 heterocycles. The molecule has 0 aliphatic carbocycles. The van der Waals surface area contributed by atoms with Crippen LogP contribution in [0.15, 0.2) is 45.3 Å². The Morgan fingerprint density at radius 3 is 1.48 bits per heavy atom. The summed E-state index contributed by atoms with van der Waals surface area (Å²) in [5, 5.41) is 0. The summed E-state index contributed by atoms with van der Waals surface area (Å²) in [6.07, 6.45) is 1.79. The van der Waals surface area contributed by atoms with Crippen LogP contribution >= 0.6 is 0 Å². The molecule has 3 nitrogen and oxygen atoms in total. The lowest BCUT2D eigenvalue weighted by molar-refractivity contribution is 0.578. The first-order valence-electron chi connectivity index (χ1n) is 8.11. The number of hydrogen-bond acceptors (Lipinski definition) is 3. The van der Waals surface area contributed by atoms with Gasteiger partial charge in [0.05, 0.1) is 28.2 Å². The molecule has 0 radical (unpaired) electrons. The lowest BCUT2D eigenvalue weighted by atomic mass is 10.1. The number of rotatable bonds is 2. The predicted molar refractivity (Wildman–Crippen MR) is 106 cm³/mol. The molecule has 128 valence electrons. The van der Waals surface area contributed by atoms with Crippen LogP contribution in [0.2, 0.25) is 0 Å². The Balaban J connectivity index is 0.000000459. The summed E-state index contributed by atoms with van der Waals surface area (Å²) in [6, 6.07) is 9.87. The molecule has 0 unspecified atom stereocenters. The maximum absolute atomic E-state index is 4.58.